The molecule has 0 aromatic rings. The summed E-state index contributed by atoms with van der Waals surface area (Å²) in [5.74, 6) is 5.63. The van der Waals surface area contributed by atoms with E-state index in [1.807, 2.05) is 20.1 Å². The number of ether oxygens (including phenoxy) is 1. The van der Waals surface area contributed by atoms with Crippen molar-refractivity contribution < 1.29 is 4.74 Å². The molecule has 0 radical (unpaired) electrons. The van der Waals surface area contributed by atoms with E-state index in [-0.39, 0.29) is 22.0 Å². The van der Waals surface area contributed by atoms with Gasteiger partial charge in [0.25, 0.3) is 0 Å². The molecule has 0 heterocycles. The van der Waals surface area contributed by atoms with Crippen LogP contribution in [0.25, 0.3) is 10.4 Å². The molecule has 0 aromatic carbocycles. The summed E-state index contributed by atoms with van der Waals surface area (Å²) in [6, 6.07) is 0. The normalized spacial score (nSPS) is 14.4. The van der Waals surface area contributed by atoms with Crippen molar-refractivity contribution in [3.05, 3.63) is 10.4 Å². The SMILES string of the molecule is CC(C)(C)CC(C)(C)CC(C=NC(C)(C)CCOC(C)(C)CCN=[N+]=[N-])=NN. The van der Waals surface area contributed by atoms with Gasteiger partial charge in [0.1, 0.15) is 0 Å². The van der Waals surface area contributed by atoms with Crippen LogP contribution in [0.1, 0.15) is 88.0 Å². The van der Waals surface area contributed by atoms with Gasteiger partial charge in [-0.3, -0.25) is 4.99 Å². The fourth-order valence-corrected chi connectivity index (χ4v) is 3.44. The van der Waals surface area contributed by atoms with Gasteiger partial charge in [-0.05, 0) is 69.7 Å². The summed E-state index contributed by atoms with van der Waals surface area (Å²) in [6.45, 7) is 20.4. The van der Waals surface area contributed by atoms with Crippen LogP contribution in [0.2, 0.25) is 0 Å². The van der Waals surface area contributed by atoms with E-state index < -0.39 is 0 Å². The minimum Gasteiger partial charge on any atom is -0.375 e. The first-order valence-electron chi connectivity index (χ1n) is 10.1. The van der Waals surface area contributed by atoms with Gasteiger partial charge >= 0.3 is 0 Å². The fourth-order valence-electron chi connectivity index (χ4n) is 3.44. The molecule has 0 aromatic heterocycles. The van der Waals surface area contributed by atoms with Crippen molar-refractivity contribution in [2.45, 2.75) is 99.1 Å². The van der Waals surface area contributed by atoms with Crippen LogP contribution >= 0.6 is 0 Å². The smallest absolute Gasteiger partial charge is 0.0783 e. The first kappa shape index (κ1) is 26.4. The summed E-state index contributed by atoms with van der Waals surface area (Å²) in [7, 11) is 0. The zero-order chi connectivity index (χ0) is 22.1. The maximum absolute atomic E-state index is 8.38. The highest BCUT2D eigenvalue weighted by molar-refractivity contribution is 6.30. The summed E-state index contributed by atoms with van der Waals surface area (Å²) in [5, 5.41) is 7.54. The largest absolute Gasteiger partial charge is 0.375 e. The molecule has 0 aliphatic carbocycles. The van der Waals surface area contributed by atoms with Crippen LogP contribution in [0.5, 0.6) is 0 Å². The highest BCUT2D eigenvalue weighted by atomic mass is 16.5. The molecule has 0 unspecified atom stereocenters. The van der Waals surface area contributed by atoms with E-state index in [1.165, 1.54) is 0 Å². The molecule has 0 fully saturated rings. The first-order valence-corrected chi connectivity index (χ1v) is 10.1. The Morgan fingerprint density at radius 3 is 2.14 bits per heavy atom. The lowest BCUT2D eigenvalue weighted by atomic mass is 9.73. The standard InChI is InChI=1S/C21H42N6O/c1-18(2,3)16-19(4,5)14-17(26-22)15-24-20(6,7)11-13-28-21(8,9)10-12-25-27-23/h15H,10-14,16,22H2,1-9H3. The number of hydrogen-bond acceptors (Lipinski definition) is 5. The Morgan fingerprint density at radius 1 is 1.04 bits per heavy atom. The van der Waals surface area contributed by atoms with Gasteiger partial charge in [0.15, 0.2) is 0 Å². The molecule has 2 N–H and O–H groups in total. The van der Waals surface area contributed by atoms with Gasteiger partial charge in [0.05, 0.1) is 16.9 Å². The average Bonchev–Trinajstić information content (AvgIpc) is 2.48. The average molecular weight is 395 g/mol. The van der Waals surface area contributed by atoms with Crippen molar-refractivity contribution >= 4 is 11.9 Å². The van der Waals surface area contributed by atoms with Crippen LogP contribution in [0.15, 0.2) is 15.2 Å². The number of aliphatic imine (C=N–C) groups is 1. The third-order valence-corrected chi connectivity index (χ3v) is 4.48. The molecule has 162 valence electrons. The molecule has 0 spiro atoms. The molecular weight excluding hydrogens is 352 g/mol. The van der Waals surface area contributed by atoms with Crippen LogP contribution in [0.3, 0.4) is 0 Å². The lowest BCUT2D eigenvalue weighted by Gasteiger charge is -2.32. The summed E-state index contributed by atoms with van der Waals surface area (Å²) in [6.07, 6.45) is 5.15. The number of hydrazone groups is 1. The van der Waals surface area contributed by atoms with E-state index in [0.29, 0.717) is 19.6 Å². The Hall–Kier alpha value is -1.59. The van der Waals surface area contributed by atoms with Crippen LogP contribution in [-0.4, -0.2) is 36.2 Å². The summed E-state index contributed by atoms with van der Waals surface area (Å²) in [4.78, 5) is 7.50. The topological polar surface area (TPSA) is 109 Å². The maximum Gasteiger partial charge on any atom is 0.0783 e. The first-order chi connectivity index (χ1) is 12.6. The molecule has 0 aliphatic rings. The van der Waals surface area contributed by atoms with Gasteiger partial charge in [-0.2, -0.15) is 5.10 Å². The predicted octanol–water partition coefficient (Wildman–Crippen LogP) is 5.89. The van der Waals surface area contributed by atoms with Crippen molar-refractivity contribution in [3.8, 4) is 0 Å². The molecule has 7 nitrogen and oxygen atoms in total. The van der Waals surface area contributed by atoms with Crippen molar-refractivity contribution in [2.24, 2.45) is 31.9 Å². The third-order valence-electron chi connectivity index (χ3n) is 4.48. The quantitative estimate of drug-likeness (QED) is 0.111. The Kier molecular flexibility index (Phi) is 10.2. The minimum absolute atomic E-state index is 0.103. The number of rotatable bonds is 12. The van der Waals surface area contributed by atoms with Crippen LogP contribution < -0.4 is 5.84 Å². The summed E-state index contributed by atoms with van der Waals surface area (Å²) < 4.78 is 5.97. The summed E-state index contributed by atoms with van der Waals surface area (Å²) >= 11 is 0. The molecule has 0 bridgehead atoms. The van der Waals surface area contributed by atoms with Crippen LogP contribution in [-0.2, 0) is 4.74 Å². The van der Waals surface area contributed by atoms with Crippen molar-refractivity contribution in [1.82, 2.24) is 0 Å². The molecule has 0 atom stereocenters. The number of nitrogens with two attached hydrogens (primary N) is 1. The lowest BCUT2D eigenvalue weighted by Crippen LogP contribution is -2.29. The minimum atomic E-state index is -0.325. The predicted molar refractivity (Wildman–Crippen MR) is 120 cm³/mol. The zero-order valence-electron chi connectivity index (χ0n) is 19.5. The maximum atomic E-state index is 8.38. The van der Waals surface area contributed by atoms with E-state index in [1.54, 1.807) is 0 Å². The Morgan fingerprint density at radius 2 is 1.64 bits per heavy atom. The summed E-state index contributed by atoms with van der Waals surface area (Å²) in [5.41, 5.74) is 8.95. The zero-order valence-corrected chi connectivity index (χ0v) is 19.5. The molecule has 0 aliphatic heterocycles. The monoisotopic (exact) mass is 394 g/mol. The van der Waals surface area contributed by atoms with E-state index >= 15 is 0 Å². The van der Waals surface area contributed by atoms with E-state index in [2.05, 4.69) is 63.6 Å². The molecule has 0 amide bonds. The van der Waals surface area contributed by atoms with Crippen LogP contribution in [0.4, 0.5) is 0 Å². The van der Waals surface area contributed by atoms with E-state index in [0.717, 1.165) is 25.0 Å². The van der Waals surface area contributed by atoms with Gasteiger partial charge in [0, 0.05) is 24.3 Å². The van der Waals surface area contributed by atoms with Gasteiger partial charge in [-0.25, -0.2) is 0 Å². The van der Waals surface area contributed by atoms with E-state index in [4.69, 9.17) is 21.1 Å². The van der Waals surface area contributed by atoms with Gasteiger partial charge in [0.2, 0.25) is 0 Å². The third kappa shape index (κ3) is 13.6. The van der Waals surface area contributed by atoms with Crippen molar-refractivity contribution in [3.63, 3.8) is 0 Å². The second kappa shape index (κ2) is 10.8. The second-order valence-electron chi connectivity index (χ2n) is 10.8. The second-order valence-corrected chi connectivity index (χ2v) is 10.8. The van der Waals surface area contributed by atoms with Gasteiger partial charge in [-0.1, -0.05) is 39.7 Å². The van der Waals surface area contributed by atoms with Crippen LogP contribution in [0, 0.1) is 10.8 Å². The van der Waals surface area contributed by atoms with E-state index in [9.17, 15) is 0 Å². The lowest BCUT2D eigenvalue weighted by molar-refractivity contribution is -0.0272. The number of azide groups is 1. The Labute approximate surface area is 171 Å². The number of hydrogen-bond donors (Lipinski definition) is 1. The number of nitrogens with zero attached hydrogens (tertiary/aromatic N) is 5. The molecule has 7 heteroatoms. The Balaban J connectivity index is 4.71. The van der Waals surface area contributed by atoms with Gasteiger partial charge < -0.3 is 10.6 Å². The molecule has 0 rings (SSSR count). The van der Waals surface area contributed by atoms with Crippen molar-refractivity contribution in [2.75, 3.05) is 13.2 Å². The fraction of sp³-hybridized carbons (Fsp3) is 0.905. The highest BCUT2D eigenvalue weighted by Gasteiger charge is 2.27. The van der Waals surface area contributed by atoms with Gasteiger partial charge in [-0.15, -0.1) is 0 Å². The Bertz CT molecular complexity index is 578. The molecule has 0 saturated heterocycles. The molecular formula is C21H42N6O. The highest BCUT2D eigenvalue weighted by Crippen LogP contribution is 2.35. The molecule has 28 heavy (non-hydrogen) atoms. The molecule has 0 saturated carbocycles. The van der Waals surface area contributed by atoms with Crippen molar-refractivity contribution in [1.29, 1.82) is 0 Å².